The maximum absolute atomic E-state index is 11.6. The molecule has 1 aliphatic heterocycles. The molecule has 1 aromatic heterocycles. The van der Waals surface area contributed by atoms with Crippen molar-refractivity contribution in [3.63, 3.8) is 0 Å². The van der Waals surface area contributed by atoms with Gasteiger partial charge in [-0.25, -0.2) is 0 Å². The Hall–Kier alpha value is -1.29. The second-order valence-corrected chi connectivity index (χ2v) is 3.96. The molecule has 2 rings (SSSR count). The first-order valence-corrected chi connectivity index (χ1v) is 5.26. The van der Waals surface area contributed by atoms with Gasteiger partial charge in [-0.05, 0) is 25.8 Å². The van der Waals surface area contributed by atoms with Crippen LogP contribution in [0.4, 0.5) is 5.69 Å². The van der Waals surface area contributed by atoms with Crippen LogP contribution in [0.5, 0.6) is 0 Å². The highest BCUT2D eigenvalue weighted by molar-refractivity contribution is 5.41. The lowest BCUT2D eigenvalue weighted by atomic mass is 10.2. The van der Waals surface area contributed by atoms with Crippen LogP contribution in [-0.2, 0) is 11.3 Å². The van der Waals surface area contributed by atoms with E-state index in [1.54, 1.807) is 10.6 Å². The quantitative estimate of drug-likeness (QED) is 0.786. The molecule has 1 saturated heterocycles. The molecule has 0 saturated carbocycles. The van der Waals surface area contributed by atoms with Crippen molar-refractivity contribution in [2.24, 2.45) is 0 Å². The van der Waals surface area contributed by atoms with E-state index in [4.69, 9.17) is 10.5 Å². The summed E-state index contributed by atoms with van der Waals surface area (Å²) in [7, 11) is 0. The molecule has 2 N–H and O–H groups in total. The number of aromatic nitrogens is 1. The summed E-state index contributed by atoms with van der Waals surface area (Å²) in [5, 5.41) is 0. The first-order chi connectivity index (χ1) is 7.18. The molecule has 0 aliphatic carbocycles. The molecule has 1 atom stereocenters. The van der Waals surface area contributed by atoms with Gasteiger partial charge in [0.05, 0.1) is 18.3 Å². The average Bonchev–Trinajstić information content (AvgIpc) is 2.71. The lowest BCUT2D eigenvalue weighted by molar-refractivity contribution is 0.0957. The zero-order valence-electron chi connectivity index (χ0n) is 8.90. The van der Waals surface area contributed by atoms with E-state index in [1.807, 2.05) is 6.92 Å². The van der Waals surface area contributed by atoms with Crippen molar-refractivity contribution in [3.8, 4) is 0 Å². The average molecular weight is 208 g/mol. The number of rotatable bonds is 2. The van der Waals surface area contributed by atoms with Gasteiger partial charge in [0.1, 0.15) is 0 Å². The molecule has 0 bridgehead atoms. The van der Waals surface area contributed by atoms with E-state index in [0.29, 0.717) is 12.2 Å². The highest BCUT2D eigenvalue weighted by Gasteiger charge is 2.17. The molecule has 1 unspecified atom stereocenters. The summed E-state index contributed by atoms with van der Waals surface area (Å²) in [6.07, 6.45) is 2.28. The number of nitrogen functional groups attached to an aromatic ring is 1. The number of pyridine rings is 1. The fourth-order valence-corrected chi connectivity index (χ4v) is 1.91. The van der Waals surface area contributed by atoms with Crippen molar-refractivity contribution in [1.82, 2.24) is 4.57 Å². The number of ether oxygens (including phenoxy) is 1. The molecule has 0 radical (unpaired) electrons. The van der Waals surface area contributed by atoms with Gasteiger partial charge in [-0.3, -0.25) is 4.79 Å². The summed E-state index contributed by atoms with van der Waals surface area (Å²) >= 11 is 0. The molecule has 0 spiro atoms. The Bertz CT molecular complexity index is 406. The number of hydrogen-bond donors (Lipinski definition) is 1. The molecule has 4 nitrogen and oxygen atoms in total. The fraction of sp³-hybridized carbons (Fsp3) is 0.545. The molecule has 1 aliphatic rings. The smallest absolute Gasteiger partial charge is 0.250 e. The van der Waals surface area contributed by atoms with E-state index in [9.17, 15) is 4.79 Å². The van der Waals surface area contributed by atoms with Crippen LogP contribution in [0.1, 0.15) is 18.5 Å². The number of nitrogens with zero attached hydrogens (tertiary/aromatic N) is 1. The maximum Gasteiger partial charge on any atom is 0.250 e. The van der Waals surface area contributed by atoms with Crippen LogP contribution in [0.3, 0.4) is 0 Å². The molecule has 15 heavy (non-hydrogen) atoms. The molecule has 1 fully saturated rings. The van der Waals surface area contributed by atoms with Gasteiger partial charge in [-0.1, -0.05) is 0 Å². The minimum absolute atomic E-state index is 0.00259. The van der Waals surface area contributed by atoms with Crippen molar-refractivity contribution in [1.29, 1.82) is 0 Å². The Morgan fingerprint density at radius 1 is 1.60 bits per heavy atom. The summed E-state index contributed by atoms with van der Waals surface area (Å²) in [5.41, 5.74) is 7.25. The predicted molar refractivity (Wildman–Crippen MR) is 58.8 cm³/mol. The van der Waals surface area contributed by atoms with Gasteiger partial charge < -0.3 is 15.0 Å². The van der Waals surface area contributed by atoms with E-state index >= 15 is 0 Å². The highest BCUT2D eigenvalue weighted by atomic mass is 16.5. The highest BCUT2D eigenvalue weighted by Crippen LogP contribution is 2.15. The Morgan fingerprint density at radius 2 is 2.40 bits per heavy atom. The van der Waals surface area contributed by atoms with Gasteiger partial charge in [0.15, 0.2) is 0 Å². The largest absolute Gasteiger partial charge is 0.397 e. The van der Waals surface area contributed by atoms with Gasteiger partial charge in [0, 0.05) is 18.4 Å². The van der Waals surface area contributed by atoms with Crippen LogP contribution in [0, 0.1) is 6.92 Å². The zero-order chi connectivity index (χ0) is 10.8. The molecule has 2 heterocycles. The molecular formula is C11H16N2O2. The molecule has 0 aromatic carbocycles. The van der Waals surface area contributed by atoms with Crippen molar-refractivity contribution in [2.75, 3.05) is 12.3 Å². The normalized spacial score (nSPS) is 20.7. The lowest BCUT2D eigenvalue weighted by Crippen LogP contribution is -2.28. The molecule has 1 aromatic rings. The van der Waals surface area contributed by atoms with Gasteiger partial charge in [0.25, 0.3) is 5.56 Å². The molecular weight excluding hydrogens is 192 g/mol. The van der Waals surface area contributed by atoms with Crippen LogP contribution in [0.25, 0.3) is 0 Å². The van der Waals surface area contributed by atoms with Gasteiger partial charge in [-0.15, -0.1) is 0 Å². The minimum Gasteiger partial charge on any atom is -0.397 e. The number of hydrogen-bond acceptors (Lipinski definition) is 3. The Labute approximate surface area is 88.7 Å². The minimum atomic E-state index is -0.00259. The van der Waals surface area contributed by atoms with Crippen LogP contribution >= 0.6 is 0 Å². The first kappa shape index (κ1) is 10.2. The van der Waals surface area contributed by atoms with E-state index in [1.165, 1.54) is 6.07 Å². The Balaban J connectivity index is 2.26. The SMILES string of the molecule is Cc1c(N)ccc(=O)n1CC1CCCO1. The van der Waals surface area contributed by atoms with Crippen LogP contribution in [0.15, 0.2) is 16.9 Å². The number of nitrogens with two attached hydrogens (primary N) is 1. The van der Waals surface area contributed by atoms with Crippen molar-refractivity contribution in [2.45, 2.75) is 32.4 Å². The molecule has 0 amide bonds. The van der Waals surface area contributed by atoms with Gasteiger partial charge in [-0.2, -0.15) is 0 Å². The zero-order valence-corrected chi connectivity index (χ0v) is 8.90. The summed E-state index contributed by atoms with van der Waals surface area (Å²) < 4.78 is 7.21. The van der Waals surface area contributed by atoms with Gasteiger partial charge in [0.2, 0.25) is 0 Å². The third-order valence-corrected chi connectivity index (χ3v) is 2.90. The van der Waals surface area contributed by atoms with Crippen molar-refractivity contribution < 1.29 is 4.74 Å². The Kier molecular flexibility index (Phi) is 2.77. The predicted octanol–water partition coefficient (Wildman–Crippen LogP) is 0.918. The summed E-state index contributed by atoms with van der Waals surface area (Å²) in [6, 6.07) is 3.17. The fourth-order valence-electron chi connectivity index (χ4n) is 1.91. The monoisotopic (exact) mass is 208 g/mol. The Morgan fingerprint density at radius 3 is 3.07 bits per heavy atom. The summed E-state index contributed by atoms with van der Waals surface area (Å²) in [5.74, 6) is 0. The van der Waals surface area contributed by atoms with Crippen LogP contribution < -0.4 is 11.3 Å². The van der Waals surface area contributed by atoms with Crippen molar-refractivity contribution in [3.05, 3.63) is 28.2 Å². The standard InChI is InChI=1S/C11H16N2O2/c1-8-10(12)4-5-11(14)13(8)7-9-3-2-6-15-9/h4-5,9H,2-3,6-7,12H2,1H3. The van der Waals surface area contributed by atoms with Crippen LogP contribution in [-0.4, -0.2) is 17.3 Å². The van der Waals surface area contributed by atoms with E-state index in [-0.39, 0.29) is 11.7 Å². The number of anilines is 1. The third kappa shape index (κ3) is 2.04. The lowest BCUT2D eigenvalue weighted by Gasteiger charge is -2.15. The summed E-state index contributed by atoms with van der Waals surface area (Å²) in [4.78, 5) is 11.6. The molecule has 4 heteroatoms. The first-order valence-electron chi connectivity index (χ1n) is 5.26. The third-order valence-electron chi connectivity index (χ3n) is 2.90. The van der Waals surface area contributed by atoms with E-state index in [2.05, 4.69) is 0 Å². The maximum atomic E-state index is 11.6. The molecule has 82 valence electrons. The van der Waals surface area contributed by atoms with E-state index in [0.717, 1.165) is 25.1 Å². The summed E-state index contributed by atoms with van der Waals surface area (Å²) in [6.45, 7) is 3.29. The van der Waals surface area contributed by atoms with E-state index < -0.39 is 0 Å². The van der Waals surface area contributed by atoms with Crippen LogP contribution in [0.2, 0.25) is 0 Å². The van der Waals surface area contributed by atoms with Crippen molar-refractivity contribution >= 4 is 5.69 Å². The topological polar surface area (TPSA) is 57.2 Å². The van der Waals surface area contributed by atoms with Gasteiger partial charge >= 0.3 is 0 Å². The second kappa shape index (κ2) is 4.06. The second-order valence-electron chi connectivity index (χ2n) is 3.96.